The molecular formula is C34H50N2O2. The van der Waals surface area contributed by atoms with Crippen LogP contribution < -0.4 is 0 Å². The first-order chi connectivity index (χ1) is 18.4. The largest absolute Gasteiger partial charge is 0.436 e. The summed E-state index contributed by atoms with van der Waals surface area (Å²) in [6.07, 6.45) is 12.5. The number of hydrogen-bond acceptors (Lipinski definition) is 4. The van der Waals surface area contributed by atoms with Crippen molar-refractivity contribution in [2.75, 3.05) is 13.2 Å². The molecule has 0 aliphatic heterocycles. The lowest BCUT2D eigenvalue weighted by Crippen LogP contribution is -1.99. The van der Waals surface area contributed by atoms with Gasteiger partial charge in [0.25, 0.3) is 0 Å². The fourth-order valence-corrected chi connectivity index (χ4v) is 4.25. The fourth-order valence-electron chi connectivity index (χ4n) is 4.25. The lowest BCUT2D eigenvalue weighted by Gasteiger charge is -2.15. The van der Waals surface area contributed by atoms with Crippen LogP contribution in [0.2, 0.25) is 0 Å². The van der Waals surface area contributed by atoms with E-state index in [1.165, 1.54) is 37.7 Å². The number of aliphatic imine (C=N–C) groups is 1. The molecule has 1 aromatic heterocycles. The van der Waals surface area contributed by atoms with Gasteiger partial charge in [-0.15, -0.1) is 0 Å². The first-order valence-electron chi connectivity index (χ1n) is 14.6. The maximum Gasteiger partial charge on any atom is 0.226 e. The van der Waals surface area contributed by atoms with Crippen molar-refractivity contribution in [1.82, 2.24) is 4.98 Å². The lowest BCUT2D eigenvalue weighted by atomic mass is 9.91. The summed E-state index contributed by atoms with van der Waals surface area (Å²) in [6, 6.07) is 14.5. The van der Waals surface area contributed by atoms with Gasteiger partial charge in [-0.05, 0) is 69.2 Å². The van der Waals surface area contributed by atoms with Gasteiger partial charge in [-0.3, -0.25) is 4.99 Å². The number of aryl methyl sites for hydroxylation is 2. The maximum absolute atomic E-state index is 5.97. The van der Waals surface area contributed by atoms with Crippen LogP contribution >= 0.6 is 0 Å². The molecule has 0 atom stereocenters. The van der Waals surface area contributed by atoms with Gasteiger partial charge in [0.15, 0.2) is 5.76 Å². The minimum Gasteiger partial charge on any atom is -0.436 e. The quantitative estimate of drug-likeness (QED) is 0.220. The molecule has 4 heteroatoms. The van der Waals surface area contributed by atoms with E-state index in [1.54, 1.807) is 6.20 Å². The fraction of sp³-hybridized carbons (Fsp3) is 0.529. The second-order valence-corrected chi connectivity index (χ2v) is 10.5. The van der Waals surface area contributed by atoms with E-state index >= 15 is 0 Å². The summed E-state index contributed by atoms with van der Waals surface area (Å²) < 4.78 is 11.1. The molecule has 0 bridgehead atoms. The van der Waals surface area contributed by atoms with Crippen LogP contribution in [0.5, 0.6) is 0 Å². The van der Waals surface area contributed by atoms with Gasteiger partial charge < -0.3 is 9.15 Å². The van der Waals surface area contributed by atoms with Crippen LogP contribution in [0.25, 0.3) is 22.8 Å². The predicted molar refractivity (Wildman–Crippen MR) is 164 cm³/mol. The molecule has 1 aliphatic carbocycles. The Bertz CT molecular complexity index is 1070. The molecule has 3 aromatic rings. The normalized spacial score (nSPS) is 13.1. The average molecular weight is 519 g/mol. The Morgan fingerprint density at radius 3 is 2.08 bits per heavy atom. The van der Waals surface area contributed by atoms with Crippen LogP contribution in [-0.4, -0.2) is 23.9 Å². The number of hydrogen-bond donors (Lipinski definition) is 0. The van der Waals surface area contributed by atoms with Crippen molar-refractivity contribution >= 4 is 11.4 Å². The smallest absolute Gasteiger partial charge is 0.226 e. The third-order valence-electron chi connectivity index (χ3n) is 6.54. The summed E-state index contributed by atoms with van der Waals surface area (Å²) in [6.45, 7) is 16.6. The molecule has 1 fully saturated rings. The highest BCUT2D eigenvalue weighted by atomic mass is 16.5. The third-order valence-corrected chi connectivity index (χ3v) is 6.54. The van der Waals surface area contributed by atoms with Crippen LogP contribution in [0.15, 0.2) is 58.1 Å². The van der Waals surface area contributed by atoms with E-state index in [1.807, 2.05) is 26.0 Å². The SMILES string of the molecule is CC1CCCCC1.CCCOCCC.CCc1ccc(-c2cnc(-c3ccc(C)c(N=C(C)C)c3)o2)cc1. The van der Waals surface area contributed by atoms with Crippen LogP contribution in [0.4, 0.5) is 5.69 Å². The monoisotopic (exact) mass is 518 g/mol. The summed E-state index contributed by atoms with van der Waals surface area (Å²) in [7, 11) is 0. The van der Waals surface area contributed by atoms with Gasteiger partial charge in [0.2, 0.25) is 5.89 Å². The van der Waals surface area contributed by atoms with E-state index in [9.17, 15) is 0 Å². The topological polar surface area (TPSA) is 47.6 Å². The Hall–Kier alpha value is -2.72. The summed E-state index contributed by atoms with van der Waals surface area (Å²) in [5.74, 6) is 2.44. The van der Waals surface area contributed by atoms with E-state index in [-0.39, 0.29) is 0 Å². The molecule has 1 aliphatic rings. The zero-order valence-corrected chi connectivity index (χ0v) is 25.0. The molecule has 0 N–H and O–H groups in total. The van der Waals surface area contributed by atoms with E-state index < -0.39 is 0 Å². The second kappa shape index (κ2) is 17.7. The lowest BCUT2D eigenvalue weighted by molar-refractivity contribution is 0.135. The van der Waals surface area contributed by atoms with Crippen LogP contribution in [0, 0.1) is 12.8 Å². The van der Waals surface area contributed by atoms with Crippen LogP contribution in [0.1, 0.15) is 97.6 Å². The highest BCUT2D eigenvalue weighted by Crippen LogP contribution is 2.30. The van der Waals surface area contributed by atoms with E-state index in [2.05, 4.69) is 74.9 Å². The van der Waals surface area contributed by atoms with Crippen molar-refractivity contribution < 1.29 is 9.15 Å². The van der Waals surface area contributed by atoms with Gasteiger partial charge in [0.1, 0.15) is 0 Å². The number of oxazole rings is 1. The number of nitrogens with zero attached hydrogens (tertiary/aromatic N) is 2. The van der Waals surface area contributed by atoms with Crippen LogP contribution in [0.3, 0.4) is 0 Å². The standard InChI is InChI=1S/C21H22N2O.C7H14.C6H14O/c1-5-16-7-10-17(11-8-16)20-13-22-21(24-20)18-9-6-15(4)19(12-18)23-14(2)3;1-7-5-3-2-4-6-7;1-3-5-7-6-4-2/h6-13H,5H2,1-4H3;7H,2-6H2,1H3;3-6H2,1-2H3. The molecule has 0 unspecified atom stereocenters. The average Bonchev–Trinajstić information content (AvgIpc) is 3.42. The first-order valence-corrected chi connectivity index (χ1v) is 14.6. The van der Waals surface area contributed by atoms with Crippen LogP contribution in [-0.2, 0) is 11.2 Å². The first kappa shape index (κ1) is 31.5. The summed E-state index contributed by atoms with van der Waals surface area (Å²) >= 11 is 0. The molecule has 1 heterocycles. The van der Waals surface area contributed by atoms with Gasteiger partial charge in [-0.2, -0.15) is 0 Å². The molecule has 0 amide bonds. The van der Waals surface area contributed by atoms with Crippen molar-refractivity contribution in [3.05, 3.63) is 59.8 Å². The zero-order chi connectivity index (χ0) is 27.8. The van der Waals surface area contributed by atoms with Crippen molar-refractivity contribution in [3.63, 3.8) is 0 Å². The Morgan fingerprint density at radius 1 is 0.921 bits per heavy atom. The van der Waals surface area contributed by atoms with Gasteiger partial charge >= 0.3 is 0 Å². The highest BCUT2D eigenvalue weighted by Gasteiger charge is 2.10. The molecule has 38 heavy (non-hydrogen) atoms. The van der Waals surface area contributed by atoms with Gasteiger partial charge in [-0.25, -0.2) is 4.98 Å². The van der Waals surface area contributed by atoms with Gasteiger partial charge in [-0.1, -0.05) is 90.1 Å². The highest BCUT2D eigenvalue weighted by molar-refractivity contribution is 5.83. The number of rotatable bonds is 8. The van der Waals surface area contributed by atoms with E-state index in [0.29, 0.717) is 5.89 Å². The van der Waals surface area contributed by atoms with Crippen molar-refractivity contribution in [2.24, 2.45) is 10.9 Å². The maximum atomic E-state index is 5.97. The summed E-state index contributed by atoms with van der Waals surface area (Å²) in [5.41, 5.74) is 6.42. The van der Waals surface area contributed by atoms with Gasteiger partial charge in [0, 0.05) is 30.1 Å². The second-order valence-electron chi connectivity index (χ2n) is 10.5. The Kier molecular flexibility index (Phi) is 14.7. The molecule has 2 aromatic carbocycles. The van der Waals surface area contributed by atoms with Crippen molar-refractivity contribution in [1.29, 1.82) is 0 Å². The minimum atomic E-state index is 0.620. The Morgan fingerprint density at radius 2 is 1.55 bits per heavy atom. The van der Waals surface area contributed by atoms with E-state index in [0.717, 1.165) is 72.2 Å². The number of benzene rings is 2. The third kappa shape index (κ3) is 11.3. The molecule has 208 valence electrons. The summed E-state index contributed by atoms with van der Waals surface area (Å²) in [4.78, 5) is 9.02. The molecule has 0 radical (unpaired) electrons. The molecular weight excluding hydrogens is 468 g/mol. The molecule has 4 nitrogen and oxygen atoms in total. The van der Waals surface area contributed by atoms with Gasteiger partial charge in [0.05, 0.1) is 11.9 Å². The van der Waals surface area contributed by atoms with E-state index in [4.69, 9.17) is 9.15 Å². The Balaban J connectivity index is 0.000000296. The molecule has 4 rings (SSSR count). The number of aromatic nitrogens is 1. The van der Waals surface area contributed by atoms with Crippen molar-refractivity contribution in [2.45, 2.75) is 99.8 Å². The molecule has 0 spiro atoms. The number of ether oxygens (including phenoxy) is 1. The molecule has 0 saturated heterocycles. The minimum absolute atomic E-state index is 0.620. The predicted octanol–water partition coefficient (Wildman–Crippen LogP) is 10.4. The zero-order valence-electron chi connectivity index (χ0n) is 25.0. The van der Waals surface area contributed by atoms with Crippen molar-refractivity contribution in [3.8, 4) is 22.8 Å². The Labute approximate surface area is 232 Å². The summed E-state index contributed by atoms with van der Waals surface area (Å²) in [5, 5.41) is 0. The molecule has 1 saturated carbocycles.